The molecule has 3 rings (SSSR count). The van der Waals surface area contributed by atoms with Gasteiger partial charge in [-0.2, -0.15) is 9.78 Å². The predicted molar refractivity (Wildman–Crippen MR) is 121 cm³/mol. The molecule has 0 spiro atoms. The minimum absolute atomic E-state index is 0.0779. The Morgan fingerprint density at radius 1 is 1.18 bits per heavy atom. The molecular weight excluding hydrogens is 448 g/mol. The van der Waals surface area contributed by atoms with Gasteiger partial charge in [-0.3, -0.25) is 4.79 Å². The van der Waals surface area contributed by atoms with Gasteiger partial charge in [0.1, 0.15) is 0 Å². The summed E-state index contributed by atoms with van der Waals surface area (Å²) in [5.74, 6) is 0.0926. The lowest BCUT2D eigenvalue weighted by molar-refractivity contribution is -0.145. The molecule has 33 heavy (non-hydrogen) atoms. The number of hydrogen-bond acceptors (Lipinski definition) is 10. The molecule has 12 heteroatoms. The van der Waals surface area contributed by atoms with Crippen LogP contribution in [0.1, 0.15) is 12.5 Å². The fourth-order valence-electron chi connectivity index (χ4n) is 2.56. The summed E-state index contributed by atoms with van der Waals surface area (Å²) in [6.07, 6.45) is 1.47. The molecule has 0 fully saturated rings. The molecule has 3 aromatic rings. The molecule has 1 amide bonds. The largest absolute Gasteiger partial charge is 0.493 e. The molecule has 0 bridgehead atoms. The highest BCUT2D eigenvalue weighted by Crippen LogP contribution is 2.27. The van der Waals surface area contributed by atoms with E-state index in [1.807, 2.05) is 30.3 Å². The molecule has 0 aliphatic heterocycles. The second-order valence-electron chi connectivity index (χ2n) is 6.29. The highest BCUT2D eigenvalue weighted by Gasteiger charge is 2.11. The van der Waals surface area contributed by atoms with Crippen LogP contribution in [0.2, 0.25) is 0 Å². The highest BCUT2D eigenvalue weighted by molar-refractivity contribution is 7.99. The van der Waals surface area contributed by atoms with E-state index >= 15 is 0 Å². The molecular formula is C21H22N6O5S. The molecule has 11 nitrogen and oxygen atoms in total. The van der Waals surface area contributed by atoms with Crippen molar-refractivity contribution >= 4 is 29.9 Å². The van der Waals surface area contributed by atoms with E-state index in [9.17, 15) is 9.59 Å². The number of rotatable bonds is 11. The van der Waals surface area contributed by atoms with Gasteiger partial charge in [0, 0.05) is 0 Å². The highest BCUT2D eigenvalue weighted by atomic mass is 32.2. The molecule has 0 atom stereocenters. The fraction of sp³-hybridized carbons (Fsp3) is 0.238. The Morgan fingerprint density at radius 3 is 2.76 bits per heavy atom. The van der Waals surface area contributed by atoms with Crippen molar-refractivity contribution in [3.05, 3.63) is 54.1 Å². The Bertz CT molecular complexity index is 1110. The maximum absolute atomic E-state index is 12.1. The third-order valence-corrected chi connectivity index (χ3v) is 4.93. The van der Waals surface area contributed by atoms with Crippen LogP contribution in [0.5, 0.6) is 11.5 Å². The van der Waals surface area contributed by atoms with E-state index in [1.165, 1.54) is 25.1 Å². The number of para-hydroxylation sites is 1. The number of ether oxygens (including phenoxy) is 3. The molecule has 0 saturated carbocycles. The molecule has 0 saturated heterocycles. The Balaban J connectivity index is 1.51. The Hall–Kier alpha value is -3.93. The topological polar surface area (TPSA) is 130 Å². The van der Waals surface area contributed by atoms with Crippen LogP contribution in [0.15, 0.2) is 58.8 Å². The van der Waals surface area contributed by atoms with Gasteiger partial charge in [-0.15, -0.1) is 5.10 Å². The van der Waals surface area contributed by atoms with Gasteiger partial charge >= 0.3 is 5.97 Å². The van der Waals surface area contributed by atoms with E-state index < -0.39 is 5.97 Å². The van der Waals surface area contributed by atoms with Crippen molar-refractivity contribution in [1.29, 1.82) is 0 Å². The first kappa shape index (κ1) is 23.7. The van der Waals surface area contributed by atoms with Crippen LogP contribution in [0.4, 0.5) is 0 Å². The summed E-state index contributed by atoms with van der Waals surface area (Å²) in [4.78, 5) is 23.6. The van der Waals surface area contributed by atoms with Crippen LogP contribution in [0.25, 0.3) is 5.69 Å². The van der Waals surface area contributed by atoms with Gasteiger partial charge in [0.25, 0.3) is 5.91 Å². The number of benzene rings is 2. The molecule has 0 aliphatic carbocycles. The van der Waals surface area contributed by atoms with E-state index in [2.05, 4.69) is 26.1 Å². The average molecular weight is 471 g/mol. The van der Waals surface area contributed by atoms with Gasteiger partial charge in [0.2, 0.25) is 5.16 Å². The molecule has 1 heterocycles. The second kappa shape index (κ2) is 12.2. The maximum atomic E-state index is 12.1. The number of nitrogens with zero attached hydrogens (tertiary/aromatic N) is 5. The molecule has 1 aromatic heterocycles. The van der Waals surface area contributed by atoms with Crippen molar-refractivity contribution in [2.45, 2.75) is 12.1 Å². The van der Waals surface area contributed by atoms with Gasteiger partial charge < -0.3 is 14.2 Å². The van der Waals surface area contributed by atoms with E-state index in [0.717, 1.165) is 5.69 Å². The van der Waals surface area contributed by atoms with Crippen LogP contribution in [-0.4, -0.2) is 64.4 Å². The van der Waals surface area contributed by atoms with Gasteiger partial charge in [-0.05, 0) is 53.2 Å². The molecule has 0 radical (unpaired) electrons. The zero-order valence-corrected chi connectivity index (χ0v) is 18.8. The summed E-state index contributed by atoms with van der Waals surface area (Å²) in [5.41, 5.74) is 3.92. The number of nitrogens with one attached hydrogen (secondary N) is 1. The smallest absolute Gasteiger partial charge is 0.344 e. The second-order valence-corrected chi connectivity index (χ2v) is 7.24. The van der Waals surface area contributed by atoms with Crippen LogP contribution >= 0.6 is 11.8 Å². The lowest BCUT2D eigenvalue weighted by Gasteiger charge is -2.10. The number of esters is 1. The summed E-state index contributed by atoms with van der Waals surface area (Å²) < 4.78 is 17.1. The molecule has 172 valence electrons. The van der Waals surface area contributed by atoms with Gasteiger partial charge in [-0.25, -0.2) is 10.2 Å². The van der Waals surface area contributed by atoms with Crippen molar-refractivity contribution in [2.75, 3.05) is 26.1 Å². The number of aromatic nitrogens is 4. The number of carbonyl (C=O) groups is 2. The normalized spacial score (nSPS) is 10.7. The van der Waals surface area contributed by atoms with Crippen molar-refractivity contribution in [2.24, 2.45) is 5.10 Å². The molecule has 1 N–H and O–H groups in total. The van der Waals surface area contributed by atoms with Gasteiger partial charge in [0.15, 0.2) is 18.1 Å². The number of thioether (sulfide) groups is 1. The van der Waals surface area contributed by atoms with Crippen molar-refractivity contribution in [1.82, 2.24) is 25.6 Å². The first-order valence-corrected chi connectivity index (χ1v) is 10.8. The number of hydrazone groups is 1. The van der Waals surface area contributed by atoms with Crippen LogP contribution < -0.4 is 14.9 Å². The average Bonchev–Trinajstić information content (AvgIpc) is 3.31. The SMILES string of the molecule is CCOC(=O)COc1ccc(/C=N\NC(=O)CSc2nnnn2-c2ccccc2)cc1OC. The third kappa shape index (κ3) is 7.04. The lowest BCUT2D eigenvalue weighted by Crippen LogP contribution is -2.20. The van der Waals surface area contributed by atoms with Gasteiger partial charge in [0.05, 0.1) is 31.4 Å². The van der Waals surface area contributed by atoms with Crippen molar-refractivity contribution in [3.63, 3.8) is 0 Å². The zero-order chi connectivity index (χ0) is 23.5. The first-order chi connectivity index (χ1) is 16.1. The zero-order valence-electron chi connectivity index (χ0n) is 18.0. The monoisotopic (exact) mass is 470 g/mol. The summed E-state index contributed by atoms with van der Waals surface area (Å²) in [6.45, 7) is 1.78. The summed E-state index contributed by atoms with van der Waals surface area (Å²) in [6, 6.07) is 14.4. The van der Waals surface area contributed by atoms with E-state index in [-0.39, 0.29) is 24.9 Å². The van der Waals surface area contributed by atoms with E-state index in [4.69, 9.17) is 14.2 Å². The number of amides is 1. The third-order valence-electron chi connectivity index (χ3n) is 4.02. The number of hydrogen-bond donors (Lipinski definition) is 1. The molecule has 2 aromatic carbocycles. The summed E-state index contributed by atoms with van der Waals surface area (Å²) in [5, 5.41) is 16.0. The van der Waals surface area contributed by atoms with Crippen LogP contribution in [0, 0.1) is 0 Å². The fourth-order valence-corrected chi connectivity index (χ4v) is 3.25. The number of methoxy groups -OCH3 is 1. The van der Waals surface area contributed by atoms with E-state index in [0.29, 0.717) is 22.2 Å². The Labute approximate surface area is 194 Å². The summed E-state index contributed by atoms with van der Waals surface area (Å²) in [7, 11) is 1.48. The minimum Gasteiger partial charge on any atom is -0.493 e. The quantitative estimate of drug-likeness (QED) is 0.193. The maximum Gasteiger partial charge on any atom is 0.344 e. The lowest BCUT2D eigenvalue weighted by atomic mass is 10.2. The van der Waals surface area contributed by atoms with Crippen LogP contribution in [0.3, 0.4) is 0 Å². The van der Waals surface area contributed by atoms with E-state index in [1.54, 1.807) is 29.8 Å². The Kier molecular flexibility index (Phi) is 8.77. The molecule has 0 aliphatic rings. The predicted octanol–water partition coefficient (Wildman–Crippen LogP) is 1.86. The van der Waals surface area contributed by atoms with Crippen molar-refractivity contribution in [3.8, 4) is 17.2 Å². The standard InChI is InChI=1S/C21H22N6O5S/c1-3-31-20(29)13-32-17-10-9-15(11-18(17)30-2)12-22-23-19(28)14-33-21-24-25-26-27(21)16-7-5-4-6-8-16/h4-12H,3,13-14H2,1-2H3,(H,23,28)/b22-12-. The van der Waals surface area contributed by atoms with Crippen molar-refractivity contribution < 1.29 is 23.8 Å². The first-order valence-electron chi connectivity index (χ1n) is 9.85. The molecule has 0 unspecified atom stereocenters. The summed E-state index contributed by atoms with van der Waals surface area (Å²) >= 11 is 1.19. The van der Waals surface area contributed by atoms with Crippen LogP contribution in [-0.2, 0) is 14.3 Å². The minimum atomic E-state index is -0.469. The van der Waals surface area contributed by atoms with Gasteiger partial charge in [-0.1, -0.05) is 30.0 Å². The Morgan fingerprint density at radius 2 is 2.00 bits per heavy atom. The number of carbonyl (C=O) groups excluding carboxylic acids is 2. The number of tetrazole rings is 1.